The summed E-state index contributed by atoms with van der Waals surface area (Å²) in [6, 6.07) is 9.35. The Bertz CT molecular complexity index is 467. The first-order valence-corrected chi connectivity index (χ1v) is 8.44. The summed E-state index contributed by atoms with van der Waals surface area (Å²) in [6.07, 6.45) is 3.92. The van der Waals surface area contributed by atoms with E-state index >= 15 is 0 Å². The van der Waals surface area contributed by atoms with Gasteiger partial charge in [-0.25, -0.2) is 0 Å². The monoisotopic (exact) mass is 287 g/mol. The molecule has 3 heteroatoms. The molecule has 3 unspecified atom stereocenters. The normalized spacial score (nSPS) is 29.8. The average molecular weight is 287 g/mol. The molecule has 2 aliphatic rings. The molecule has 116 valence electrons. The van der Waals surface area contributed by atoms with Crippen molar-refractivity contribution in [1.29, 1.82) is 0 Å². The first-order chi connectivity index (χ1) is 10.2. The van der Waals surface area contributed by atoms with Crippen LogP contribution in [0, 0.1) is 0 Å². The molecule has 3 rings (SSSR count). The van der Waals surface area contributed by atoms with Gasteiger partial charge in [0.25, 0.3) is 0 Å². The third kappa shape index (κ3) is 3.15. The lowest BCUT2D eigenvalue weighted by Crippen LogP contribution is -2.46. The largest absolute Gasteiger partial charge is 0.323 e. The molecule has 1 aliphatic carbocycles. The van der Waals surface area contributed by atoms with Gasteiger partial charge in [0.1, 0.15) is 0 Å². The van der Waals surface area contributed by atoms with Crippen molar-refractivity contribution in [2.75, 3.05) is 33.2 Å². The third-order valence-electron chi connectivity index (χ3n) is 5.43. The fourth-order valence-electron chi connectivity index (χ4n) is 4.03. The maximum Gasteiger partial charge on any atom is 0.0456 e. The number of hydrogen-bond acceptors (Lipinski definition) is 3. The van der Waals surface area contributed by atoms with E-state index < -0.39 is 0 Å². The number of likely N-dealkylation sites (N-methyl/N-ethyl adjacent to an activating group) is 1. The van der Waals surface area contributed by atoms with Crippen LogP contribution in [0.15, 0.2) is 24.3 Å². The fraction of sp³-hybridized carbons (Fsp3) is 0.667. The molecule has 21 heavy (non-hydrogen) atoms. The van der Waals surface area contributed by atoms with Gasteiger partial charge >= 0.3 is 0 Å². The fourth-order valence-corrected chi connectivity index (χ4v) is 4.03. The first kappa shape index (κ1) is 15.0. The molecule has 1 aliphatic heterocycles. The van der Waals surface area contributed by atoms with Gasteiger partial charge in [0, 0.05) is 25.2 Å². The molecule has 0 amide bonds. The molecule has 0 spiro atoms. The van der Waals surface area contributed by atoms with Crippen LogP contribution in [0.5, 0.6) is 0 Å². The summed E-state index contributed by atoms with van der Waals surface area (Å²) in [4.78, 5) is 5.08. The predicted molar refractivity (Wildman–Crippen MR) is 88.5 cm³/mol. The van der Waals surface area contributed by atoms with E-state index in [0.717, 1.165) is 6.54 Å². The highest BCUT2D eigenvalue weighted by atomic mass is 15.2. The van der Waals surface area contributed by atoms with Crippen molar-refractivity contribution in [1.82, 2.24) is 9.80 Å². The molecule has 1 aromatic carbocycles. The van der Waals surface area contributed by atoms with Crippen LogP contribution in [0.2, 0.25) is 0 Å². The summed E-state index contributed by atoms with van der Waals surface area (Å²) in [5, 5.41) is 0. The lowest BCUT2D eigenvalue weighted by Gasteiger charge is -2.40. The number of rotatable bonds is 4. The van der Waals surface area contributed by atoms with Gasteiger partial charge in [0.05, 0.1) is 0 Å². The minimum absolute atomic E-state index is 0.154. The molecule has 1 saturated heterocycles. The predicted octanol–water partition coefficient (Wildman–Crippen LogP) is 2.59. The van der Waals surface area contributed by atoms with Crippen molar-refractivity contribution in [2.45, 2.75) is 44.2 Å². The maximum absolute atomic E-state index is 6.58. The van der Waals surface area contributed by atoms with Gasteiger partial charge in [-0.05, 0) is 56.4 Å². The minimum Gasteiger partial charge on any atom is -0.323 e. The molecule has 3 nitrogen and oxygen atoms in total. The molecule has 1 fully saturated rings. The van der Waals surface area contributed by atoms with E-state index in [1.54, 1.807) is 0 Å². The lowest BCUT2D eigenvalue weighted by molar-refractivity contribution is 0.162. The van der Waals surface area contributed by atoms with Gasteiger partial charge in [-0.2, -0.15) is 0 Å². The van der Waals surface area contributed by atoms with Crippen molar-refractivity contribution in [2.24, 2.45) is 5.73 Å². The molecule has 0 radical (unpaired) electrons. The second kappa shape index (κ2) is 6.47. The summed E-state index contributed by atoms with van der Waals surface area (Å²) in [6.45, 7) is 7.22. The lowest BCUT2D eigenvalue weighted by atomic mass is 9.78. The smallest absolute Gasteiger partial charge is 0.0456 e. The Kier molecular flexibility index (Phi) is 4.63. The van der Waals surface area contributed by atoms with Crippen LogP contribution in [0.4, 0.5) is 0 Å². The summed E-state index contributed by atoms with van der Waals surface area (Å²) < 4.78 is 0. The van der Waals surface area contributed by atoms with Gasteiger partial charge in [0.15, 0.2) is 0 Å². The van der Waals surface area contributed by atoms with Gasteiger partial charge in [-0.1, -0.05) is 31.2 Å². The van der Waals surface area contributed by atoms with Gasteiger partial charge in [-0.3, -0.25) is 0 Å². The molecule has 1 heterocycles. The minimum atomic E-state index is 0.154. The first-order valence-electron chi connectivity index (χ1n) is 8.44. The average Bonchev–Trinajstić information content (AvgIpc) is 3.02. The Hall–Kier alpha value is -0.900. The summed E-state index contributed by atoms with van der Waals surface area (Å²) in [5.74, 6) is 0.611. The number of fused-ring (bicyclic) bond motifs is 1. The van der Waals surface area contributed by atoms with Crippen LogP contribution >= 0.6 is 0 Å². The molecule has 3 atom stereocenters. The molecule has 1 aromatic rings. The second-order valence-electron chi connectivity index (χ2n) is 6.89. The summed E-state index contributed by atoms with van der Waals surface area (Å²) in [5.41, 5.74) is 9.39. The van der Waals surface area contributed by atoms with E-state index in [0.29, 0.717) is 12.0 Å². The maximum atomic E-state index is 6.58. The van der Waals surface area contributed by atoms with E-state index in [9.17, 15) is 0 Å². The van der Waals surface area contributed by atoms with Crippen molar-refractivity contribution in [3.63, 3.8) is 0 Å². The van der Waals surface area contributed by atoms with E-state index in [4.69, 9.17) is 5.73 Å². The van der Waals surface area contributed by atoms with Crippen LogP contribution in [-0.4, -0.2) is 49.1 Å². The van der Waals surface area contributed by atoms with Crippen LogP contribution in [0.25, 0.3) is 0 Å². The molecular formula is C18H29N3. The van der Waals surface area contributed by atoms with Gasteiger partial charge < -0.3 is 15.5 Å². The van der Waals surface area contributed by atoms with Crippen molar-refractivity contribution >= 4 is 0 Å². The zero-order valence-corrected chi connectivity index (χ0v) is 13.5. The Labute approximate surface area is 129 Å². The zero-order chi connectivity index (χ0) is 14.8. The number of nitrogens with zero attached hydrogens (tertiary/aromatic N) is 2. The molecule has 0 aromatic heterocycles. The topological polar surface area (TPSA) is 32.5 Å². The third-order valence-corrected chi connectivity index (χ3v) is 5.43. The second-order valence-corrected chi connectivity index (χ2v) is 6.89. The molecule has 0 saturated carbocycles. The van der Waals surface area contributed by atoms with E-state index in [2.05, 4.69) is 48.0 Å². The number of likely N-dealkylation sites (tertiary alicyclic amines) is 1. The Morgan fingerprint density at radius 1 is 1.19 bits per heavy atom. The molecule has 2 N–H and O–H groups in total. The van der Waals surface area contributed by atoms with Crippen molar-refractivity contribution in [3.05, 3.63) is 35.4 Å². The highest BCUT2D eigenvalue weighted by Crippen LogP contribution is 2.37. The van der Waals surface area contributed by atoms with Crippen molar-refractivity contribution < 1.29 is 0 Å². The zero-order valence-electron chi connectivity index (χ0n) is 13.5. The number of benzene rings is 1. The van der Waals surface area contributed by atoms with Gasteiger partial charge in [0.2, 0.25) is 0 Å². The van der Waals surface area contributed by atoms with Gasteiger partial charge in [-0.15, -0.1) is 0 Å². The van der Waals surface area contributed by atoms with Crippen LogP contribution in [-0.2, 0) is 0 Å². The number of nitrogens with two attached hydrogens (primary N) is 1. The highest BCUT2D eigenvalue weighted by Gasteiger charge is 2.32. The Morgan fingerprint density at radius 3 is 2.57 bits per heavy atom. The van der Waals surface area contributed by atoms with E-state index in [1.807, 2.05) is 0 Å². The standard InChI is InChI=1S/C18H29N3/c1-14-13-17(18(19)16-8-4-3-7-15(14)16)20(2)11-12-21-9-5-6-10-21/h3-4,7-8,14,17-18H,5-6,9-13,19H2,1-2H3. The summed E-state index contributed by atoms with van der Waals surface area (Å²) >= 11 is 0. The van der Waals surface area contributed by atoms with Crippen molar-refractivity contribution in [3.8, 4) is 0 Å². The molecule has 0 bridgehead atoms. The highest BCUT2D eigenvalue weighted by molar-refractivity contribution is 5.36. The van der Waals surface area contributed by atoms with Crippen LogP contribution < -0.4 is 5.73 Å². The molecular weight excluding hydrogens is 258 g/mol. The van der Waals surface area contributed by atoms with Crippen LogP contribution in [0.3, 0.4) is 0 Å². The Morgan fingerprint density at radius 2 is 1.86 bits per heavy atom. The van der Waals surface area contributed by atoms with Crippen LogP contribution in [0.1, 0.15) is 49.3 Å². The number of hydrogen-bond donors (Lipinski definition) is 1. The van der Waals surface area contributed by atoms with E-state index in [1.165, 1.54) is 50.0 Å². The van der Waals surface area contributed by atoms with E-state index in [-0.39, 0.29) is 6.04 Å². The summed E-state index contributed by atoms with van der Waals surface area (Å²) in [7, 11) is 2.25. The Balaban J connectivity index is 1.65. The SMILES string of the molecule is CC1CC(N(C)CCN2CCCC2)C(N)c2ccccc21. The quantitative estimate of drug-likeness (QED) is 0.924.